The van der Waals surface area contributed by atoms with E-state index >= 15 is 0 Å². The van der Waals surface area contributed by atoms with E-state index in [1.165, 1.54) is 205 Å². The molecule has 6 N–H and O–H groups in total. The molecule has 0 radical (unpaired) electrons. The molecule has 0 bridgehead atoms. The summed E-state index contributed by atoms with van der Waals surface area (Å²) in [6.07, 6.45) is 55.0. The first-order valence-electron chi connectivity index (χ1n) is 28.7. The van der Waals surface area contributed by atoms with Crippen LogP contribution >= 0.6 is 0 Å². The Morgan fingerprint density at radius 1 is 0.493 bits per heavy atom. The number of carbonyl (C=O) groups is 1. The first-order valence-corrected chi connectivity index (χ1v) is 28.7. The molecule has 7 unspecified atom stereocenters. The maximum atomic E-state index is 13.0. The quantitative estimate of drug-likeness (QED) is 0.0261. The molecule has 394 valence electrons. The number of aliphatic hydroxyl groups excluding tert-OH is 5. The third-order valence-corrected chi connectivity index (χ3v) is 13.7. The minimum absolute atomic E-state index is 0.187. The number of allylic oxidation sites excluding steroid dienone is 5. The molecule has 67 heavy (non-hydrogen) atoms. The number of unbranched alkanes of at least 4 members (excludes halogenated alkanes) is 35. The number of carbonyl (C=O) groups excluding carboxylic acids is 1. The summed E-state index contributed by atoms with van der Waals surface area (Å²) in [5, 5.41) is 54.4. The van der Waals surface area contributed by atoms with Crippen LogP contribution in [0.2, 0.25) is 0 Å². The minimum Gasteiger partial charge on any atom is -0.394 e. The van der Waals surface area contributed by atoms with Crippen LogP contribution in [0.1, 0.15) is 271 Å². The maximum absolute atomic E-state index is 13.0. The van der Waals surface area contributed by atoms with Crippen LogP contribution in [0.25, 0.3) is 0 Å². The van der Waals surface area contributed by atoms with Crippen molar-refractivity contribution in [2.75, 3.05) is 13.2 Å². The molecule has 0 aliphatic carbocycles. The highest BCUT2D eigenvalue weighted by atomic mass is 16.7. The lowest BCUT2D eigenvalue weighted by atomic mass is 9.99. The highest BCUT2D eigenvalue weighted by molar-refractivity contribution is 5.76. The monoisotopic (exact) mass is 948 g/mol. The molecule has 0 aromatic rings. The van der Waals surface area contributed by atoms with Gasteiger partial charge in [-0.1, -0.05) is 256 Å². The first kappa shape index (κ1) is 63.4. The van der Waals surface area contributed by atoms with Gasteiger partial charge in [0.1, 0.15) is 24.4 Å². The van der Waals surface area contributed by atoms with E-state index in [1.807, 2.05) is 6.08 Å². The lowest BCUT2D eigenvalue weighted by molar-refractivity contribution is -0.302. The second kappa shape index (κ2) is 48.1. The van der Waals surface area contributed by atoms with Gasteiger partial charge >= 0.3 is 0 Å². The maximum Gasteiger partial charge on any atom is 0.220 e. The predicted octanol–water partition coefficient (Wildman–Crippen LogP) is 14.0. The van der Waals surface area contributed by atoms with Crippen molar-refractivity contribution < 1.29 is 39.8 Å². The molecule has 1 heterocycles. The van der Waals surface area contributed by atoms with Crippen molar-refractivity contribution in [3.05, 3.63) is 36.5 Å². The van der Waals surface area contributed by atoms with Crippen molar-refractivity contribution in [3.63, 3.8) is 0 Å². The van der Waals surface area contributed by atoms with Crippen LogP contribution in [0.15, 0.2) is 36.5 Å². The molecule has 1 saturated heterocycles. The van der Waals surface area contributed by atoms with Gasteiger partial charge in [0.15, 0.2) is 6.29 Å². The van der Waals surface area contributed by atoms with Gasteiger partial charge in [0, 0.05) is 6.42 Å². The van der Waals surface area contributed by atoms with Gasteiger partial charge in [-0.15, -0.1) is 0 Å². The van der Waals surface area contributed by atoms with Crippen molar-refractivity contribution in [1.29, 1.82) is 0 Å². The molecule has 1 amide bonds. The van der Waals surface area contributed by atoms with Crippen LogP contribution in [0.5, 0.6) is 0 Å². The molecule has 7 atom stereocenters. The second-order valence-corrected chi connectivity index (χ2v) is 20.1. The summed E-state index contributed by atoms with van der Waals surface area (Å²) in [5.74, 6) is -0.187. The average Bonchev–Trinajstić information content (AvgIpc) is 3.33. The molecule has 9 heteroatoms. The SMILES string of the molecule is CCCCCCCCCCCCCCCCCCC/C=C/CC/C=C/CC/C=C/C(O)C(COC1OC(CO)C(O)C(O)C1O)NC(=O)CCCCCCCCCCCCCCCCCCC. The zero-order valence-electron chi connectivity index (χ0n) is 43.7. The third-order valence-electron chi connectivity index (χ3n) is 13.7. The lowest BCUT2D eigenvalue weighted by Crippen LogP contribution is -2.60. The van der Waals surface area contributed by atoms with Gasteiger partial charge in [-0.2, -0.15) is 0 Å². The summed E-state index contributed by atoms with van der Waals surface area (Å²) in [6, 6.07) is -0.826. The van der Waals surface area contributed by atoms with Gasteiger partial charge in [0.2, 0.25) is 5.91 Å². The van der Waals surface area contributed by atoms with Crippen LogP contribution in [0, 0.1) is 0 Å². The van der Waals surface area contributed by atoms with Crippen molar-refractivity contribution >= 4 is 5.91 Å². The summed E-state index contributed by atoms with van der Waals surface area (Å²) in [5.41, 5.74) is 0. The Kier molecular flexibility index (Phi) is 45.5. The number of amides is 1. The standard InChI is InChI=1S/C58H109NO8/c1-3-5-7-9-11-13-15-17-19-21-22-23-24-25-26-27-28-29-30-32-33-35-37-39-41-43-45-47-52(61)51(50-66-58-57(65)56(64)55(63)53(49-60)67-58)59-54(62)48-46-44-42-40-38-36-34-31-20-18-16-14-12-10-8-6-4-2/h30,32,37,39,45,47,51-53,55-58,60-61,63-65H,3-29,31,33-36,38,40-44,46,48-50H2,1-2H3,(H,59,62)/b32-30+,39-37+,47-45+. The summed E-state index contributed by atoms with van der Waals surface area (Å²) >= 11 is 0. The predicted molar refractivity (Wildman–Crippen MR) is 281 cm³/mol. The van der Waals surface area contributed by atoms with E-state index in [4.69, 9.17) is 9.47 Å². The number of hydrogen-bond acceptors (Lipinski definition) is 8. The Hall–Kier alpha value is -1.59. The molecule has 0 saturated carbocycles. The summed E-state index contributed by atoms with van der Waals surface area (Å²) in [7, 11) is 0. The Bertz CT molecular complexity index is 1150. The van der Waals surface area contributed by atoms with Crippen molar-refractivity contribution in [3.8, 4) is 0 Å². The van der Waals surface area contributed by atoms with Crippen LogP contribution in [0.3, 0.4) is 0 Å². The van der Waals surface area contributed by atoms with E-state index in [9.17, 15) is 30.3 Å². The normalized spacial score (nSPS) is 19.9. The fourth-order valence-corrected chi connectivity index (χ4v) is 9.13. The van der Waals surface area contributed by atoms with E-state index in [2.05, 4.69) is 43.5 Å². The molecule has 0 spiro atoms. The molecule has 1 aliphatic heterocycles. The Morgan fingerprint density at radius 3 is 1.25 bits per heavy atom. The van der Waals surface area contributed by atoms with Gasteiger partial charge in [0.05, 0.1) is 25.4 Å². The van der Waals surface area contributed by atoms with E-state index in [-0.39, 0.29) is 12.5 Å². The number of rotatable bonds is 49. The van der Waals surface area contributed by atoms with E-state index in [1.54, 1.807) is 6.08 Å². The highest BCUT2D eigenvalue weighted by Gasteiger charge is 2.44. The number of aliphatic hydroxyl groups is 5. The largest absolute Gasteiger partial charge is 0.394 e. The van der Waals surface area contributed by atoms with Crippen molar-refractivity contribution in [2.45, 2.75) is 314 Å². The Balaban J connectivity index is 2.25. The fourth-order valence-electron chi connectivity index (χ4n) is 9.13. The van der Waals surface area contributed by atoms with E-state index in [0.717, 1.165) is 44.9 Å². The third kappa shape index (κ3) is 37.9. The number of hydrogen-bond donors (Lipinski definition) is 6. The molecule has 9 nitrogen and oxygen atoms in total. The fraction of sp³-hybridized carbons (Fsp3) is 0.879. The summed E-state index contributed by atoms with van der Waals surface area (Å²) in [4.78, 5) is 13.0. The zero-order valence-corrected chi connectivity index (χ0v) is 43.7. The number of ether oxygens (including phenoxy) is 2. The topological polar surface area (TPSA) is 149 Å². The molecule has 1 rings (SSSR count). The highest BCUT2D eigenvalue weighted by Crippen LogP contribution is 2.23. The number of nitrogens with one attached hydrogen (secondary N) is 1. The van der Waals surface area contributed by atoms with E-state index in [0.29, 0.717) is 6.42 Å². The van der Waals surface area contributed by atoms with Crippen molar-refractivity contribution in [2.24, 2.45) is 0 Å². The van der Waals surface area contributed by atoms with Gasteiger partial charge < -0.3 is 40.3 Å². The summed E-state index contributed by atoms with van der Waals surface area (Å²) < 4.78 is 11.2. The Labute approximate surface area is 412 Å². The molecule has 1 aliphatic rings. The van der Waals surface area contributed by atoms with Crippen LogP contribution < -0.4 is 5.32 Å². The average molecular weight is 949 g/mol. The van der Waals surface area contributed by atoms with Crippen LogP contribution in [-0.2, 0) is 14.3 Å². The summed E-state index contributed by atoms with van der Waals surface area (Å²) in [6.45, 7) is 3.79. The van der Waals surface area contributed by atoms with Crippen LogP contribution in [0.4, 0.5) is 0 Å². The molecule has 0 aromatic heterocycles. The van der Waals surface area contributed by atoms with Crippen LogP contribution in [-0.4, -0.2) is 87.5 Å². The first-order chi connectivity index (χ1) is 32.8. The van der Waals surface area contributed by atoms with Crippen molar-refractivity contribution in [1.82, 2.24) is 5.32 Å². The van der Waals surface area contributed by atoms with Gasteiger partial charge in [-0.3, -0.25) is 4.79 Å². The van der Waals surface area contributed by atoms with Gasteiger partial charge in [0.25, 0.3) is 0 Å². The molecule has 1 fully saturated rings. The molecular formula is C58H109NO8. The molecular weight excluding hydrogens is 839 g/mol. The minimum atomic E-state index is -1.57. The second-order valence-electron chi connectivity index (χ2n) is 20.1. The molecule has 0 aromatic carbocycles. The van der Waals surface area contributed by atoms with E-state index < -0.39 is 49.5 Å². The zero-order chi connectivity index (χ0) is 48.7. The van der Waals surface area contributed by atoms with Gasteiger partial charge in [-0.25, -0.2) is 0 Å². The lowest BCUT2D eigenvalue weighted by Gasteiger charge is -2.40. The Morgan fingerprint density at radius 2 is 0.851 bits per heavy atom. The smallest absolute Gasteiger partial charge is 0.220 e. The van der Waals surface area contributed by atoms with Gasteiger partial charge in [-0.05, 0) is 44.9 Å².